The average Bonchev–Trinajstić information content (AvgIpc) is 3.24. The summed E-state index contributed by atoms with van der Waals surface area (Å²) >= 11 is 3.31. The van der Waals surface area contributed by atoms with E-state index in [-0.39, 0.29) is 12.0 Å². The van der Waals surface area contributed by atoms with Gasteiger partial charge in [-0.25, -0.2) is 14.6 Å². The van der Waals surface area contributed by atoms with Crippen molar-refractivity contribution in [3.05, 3.63) is 65.2 Å². The second-order valence-electron chi connectivity index (χ2n) is 6.32. The molecule has 1 amide bonds. The third-order valence-corrected chi connectivity index (χ3v) is 4.81. The number of hydrogen-bond acceptors (Lipinski definition) is 5. The fourth-order valence-electron chi connectivity index (χ4n) is 3.11. The molecule has 0 bridgehead atoms. The lowest BCUT2D eigenvalue weighted by Crippen LogP contribution is -2.44. The monoisotopic (exact) mass is 427 g/mol. The minimum atomic E-state index is -0.113. The summed E-state index contributed by atoms with van der Waals surface area (Å²) in [4.78, 5) is 23.1. The third kappa shape index (κ3) is 4.16. The maximum atomic E-state index is 13.0. The number of hydrogen-bond donors (Lipinski definition) is 0. The third-order valence-electron chi connectivity index (χ3n) is 4.40. The molecule has 0 aliphatic carbocycles. The summed E-state index contributed by atoms with van der Waals surface area (Å²) in [7, 11) is 0. The van der Waals surface area contributed by atoms with Gasteiger partial charge in [-0.15, -0.1) is 0 Å². The largest absolute Gasteiger partial charge is 0.458 e. The van der Waals surface area contributed by atoms with E-state index in [4.69, 9.17) is 4.74 Å². The van der Waals surface area contributed by atoms with Crippen molar-refractivity contribution in [2.75, 3.05) is 13.1 Å². The van der Waals surface area contributed by atoms with Crippen molar-refractivity contribution in [3.8, 4) is 11.7 Å². The van der Waals surface area contributed by atoms with E-state index in [2.05, 4.69) is 31.0 Å². The van der Waals surface area contributed by atoms with E-state index < -0.39 is 0 Å². The number of nitrogens with zero attached hydrogens (tertiary/aromatic N) is 5. The van der Waals surface area contributed by atoms with Gasteiger partial charge in [-0.3, -0.25) is 4.79 Å². The molecule has 2 aromatic heterocycles. The fourth-order valence-corrected chi connectivity index (χ4v) is 3.32. The first kappa shape index (κ1) is 17.7. The molecule has 7 nitrogen and oxygen atoms in total. The summed E-state index contributed by atoms with van der Waals surface area (Å²) in [5.74, 6) is -0.00553. The van der Waals surface area contributed by atoms with Crippen molar-refractivity contribution >= 4 is 21.8 Å². The minimum Gasteiger partial charge on any atom is -0.458 e. The number of halogens is 1. The van der Waals surface area contributed by atoms with Gasteiger partial charge in [-0.2, -0.15) is 5.10 Å². The van der Waals surface area contributed by atoms with Gasteiger partial charge < -0.3 is 9.64 Å². The molecule has 1 unspecified atom stereocenters. The maximum Gasteiger partial charge on any atom is 0.316 e. The summed E-state index contributed by atoms with van der Waals surface area (Å²) < 4.78 is 8.40. The normalized spacial score (nSPS) is 16.9. The molecule has 0 saturated carbocycles. The molecule has 1 saturated heterocycles. The number of benzene rings is 1. The Hall–Kier alpha value is -2.74. The molecule has 138 valence electrons. The van der Waals surface area contributed by atoms with E-state index in [0.29, 0.717) is 24.7 Å². The molecule has 1 aromatic carbocycles. The fraction of sp³-hybridized carbons (Fsp3) is 0.263. The number of rotatable bonds is 4. The van der Waals surface area contributed by atoms with Crippen LogP contribution in [0.5, 0.6) is 6.01 Å². The molecule has 3 heterocycles. The zero-order valence-corrected chi connectivity index (χ0v) is 16.1. The Bertz CT molecular complexity index is 914. The van der Waals surface area contributed by atoms with Crippen LogP contribution in [0.3, 0.4) is 0 Å². The lowest BCUT2D eigenvalue weighted by Gasteiger charge is -2.32. The topological polar surface area (TPSA) is 73.1 Å². The van der Waals surface area contributed by atoms with Crippen LogP contribution in [-0.4, -0.2) is 49.7 Å². The van der Waals surface area contributed by atoms with Gasteiger partial charge >= 0.3 is 6.01 Å². The van der Waals surface area contributed by atoms with E-state index in [1.165, 1.54) is 0 Å². The van der Waals surface area contributed by atoms with E-state index >= 15 is 0 Å². The first-order valence-corrected chi connectivity index (χ1v) is 9.52. The summed E-state index contributed by atoms with van der Waals surface area (Å²) in [6.45, 7) is 1.23. The van der Waals surface area contributed by atoms with Gasteiger partial charge in [0.05, 0.1) is 16.7 Å². The molecule has 0 radical (unpaired) electrons. The van der Waals surface area contributed by atoms with Crippen molar-refractivity contribution in [3.63, 3.8) is 0 Å². The second kappa shape index (κ2) is 7.87. The number of amides is 1. The van der Waals surface area contributed by atoms with Gasteiger partial charge in [0.15, 0.2) is 0 Å². The van der Waals surface area contributed by atoms with Crippen LogP contribution >= 0.6 is 15.9 Å². The first-order chi connectivity index (χ1) is 13.2. The Morgan fingerprint density at radius 3 is 2.85 bits per heavy atom. The van der Waals surface area contributed by atoms with E-state index in [1.54, 1.807) is 23.3 Å². The maximum absolute atomic E-state index is 13.0. The van der Waals surface area contributed by atoms with Gasteiger partial charge in [0.1, 0.15) is 6.10 Å². The van der Waals surface area contributed by atoms with Gasteiger partial charge in [0.25, 0.3) is 5.91 Å². The van der Waals surface area contributed by atoms with Crippen LogP contribution in [0.15, 0.2) is 59.6 Å². The van der Waals surface area contributed by atoms with Crippen molar-refractivity contribution in [1.29, 1.82) is 0 Å². The lowest BCUT2D eigenvalue weighted by atomic mass is 10.1. The Labute approximate surface area is 165 Å². The van der Waals surface area contributed by atoms with Crippen LogP contribution in [0, 0.1) is 0 Å². The zero-order chi connectivity index (χ0) is 18.6. The average molecular weight is 428 g/mol. The highest BCUT2D eigenvalue weighted by Gasteiger charge is 2.26. The second-order valence-corrected chi connectivity index (χ2v) is 7.23. The van der Waals surface area contributed by atoms with Crippen molar-refractivity contribution < 1.29 is 9.53 Å². The highest BCUT2D eigenvalue weighted by molar-refractivity contribution is 9.10. The number of likely N-dealkylation sites (tertiary alicyclic amines) is 1. The molecule has 1 atom stereocenters. The van der Waals surface area contributed by atoms with Gasteiger partial charge in [-0.05, 0) is 53.0 Å². The van der Waals surface area contributed by atoms with Crippen molar-refractivity contribution in [2.45, 2.75) is 18.9 Å². The summed E-state index contributed by atoms with van der Waals surface area (Å²) in [6, 6.07) is 9.67. The lowest BCUT2D eigenvalue weighted by molar-refractivity contribution is 0.0515. The molecule has 1 fully saturated rings. The highest BCUT2D eigenvalue weighted by Crippen LogP contribution is 2.19. The summed E-state index contributed by atoms with van der Waals surface area (Å²) in [6.07, 6.45) is 8.50. The SMILES string of the molecule is O=C(c1cccc(-n2cccn2)c1)N1CCCC(Oc2ncc(Br)cn2)C1. The Morgan fingerprint density at radius 1 is 1.22 bits per heavy atom. The predicted molar refractivity (Wildman–Crippen MR) is 103 cm³/mol. The first-order valence-electron chi connectivity index (χ1n) is 8.72. The van der Waals surface area contributed by atoms with Crippen molar-refractivity contribution in [2.24, 2.45) is 0 Å². The van der Waals surface area contributed by atoms with E-state index in [9.17, 15) is 4.79 Å². The molecule has 3 aromatic rings. The molecule has 8 heteroatoms. The van der Waals surface area contributed by atoms with Crippen LogP contribution in [0.1, 0.15) is 23.2 Å². The van der Waals surface area contributed by atoms with E-state index in [1.807, 2.05) is 41.4 Å². The summed E-state index contributed by atoms with van der Waals surface area (Å²) in [5.41, 5.74) is 1.50. The van der Waals surface area contributed by atoms with Crippen LogP contribution in [0.25, 0.3) is 5.69 Å². The van der Waals surface area contributed by atoms with Gasteiger partial charge in [0.2, 0.25) is 0 Å². The van der Waals surface area contributed by atoms with Gasteiger partial charge in [0, 0.05) is 36.9 Å². The molecule has 1 aliphatic heterocycles. The minimum absolute atomic E-state index is 0.00553. The summed E-state index contributed by atoms with van der Waals surface area (Å²) in [5, 5.41) is 4.22. The molecule has 27 heavy (non-hydrogen) atoms. The molecular weight excluding hydrogens is 410 g/mol. The molecular formula is C19H18BrN5O2. The quantitative estimate of drug-likeness (QED) is 0.639. The van der Waals surface area contributed by atoms with Crippen LogP contribution in [-0.2, 0) is 0 Å². The Morgan fingerprint density at radius 2 is 2.07 bits per heavy atom. The molecule has 0 N–H and O–H groups in total. The van der Waals surface area contributed by atoms with E-state index in [0.717, 1.165) is 23.0 Å². The van der Waals surface area contributed by atoms with Gasteiger partial charge in [-0.1, -0.05) is 6.07 Å². The number of ether oxygens (including phenoxy) is 1. The van der Waals surface area contributed by atoms with Crippen LogP contribution in [0.2, 0.25) is 0 Å². The van der Waals surface area contributed by atoms with Crippen LogP contribution < -0.4 is 4.74 Å². The van der Waals surface area contributed by atoms with Crippen LogP contribution in [0.4, 0.5) is 0 Å². The Kier molecular flexibility index (Phi) is 5.15. The Balaban J connectivity index is 1.45. The standard InChI is InChI=1S/C19H18BrN5O2/c20-15-11-21-19(22-12-15)27-17-6-2-8-24(13-17)18(26)14-4-1-5-16(10-14)25-9-3-7-23-25/h1,3-5,7,9-12,17H,2,6,8,13H2. The smallest absolute Gasteiger partial charge is 0.316 e. The molecule has 4 rings (SSSR count). The molecule has 1 aliphatic rings. The van der Waals surface area contributed by atoms with Crippen molar-refractivity contribution in [1.82, 2.24) is 24.6 Å². The molecule has 0 spiro atoms. The predicted octanol–water partition coefficient (Wildman–Crippen LogP) is 3.11. The number of aromatic nitrogens is 4. The number of carbonyl (C=O) groups excluding carboxylic acids is 1. The zero-order valence-electron chi connectivity index (χ0n) is 14.5. The number of carbonyl (C=O) groups is 1. The number of piperidine rings is 1. The highest BCUT2D eigenvalue weighted by atomic mass is 79.9.